The van der Waals surface area contributed by atoms with Crippen LogP contribution in [0.4, 0.5) is 5.82 Å². The van der Waals surface area contributed by atoms with Crippen molar-refractivity contribution in [3.8, 4) is 6.07 Å². The summed E-state index contributed by atoms with van der Waals surface area (Å²) < 4.78 is 0. The fourth-order valence-corrected chi connectivity index (χ4v) is 1.75. The largest absolute Gasteiger partial charge is 0.354 e. The first-order valence-corrected chi connectivity index (χ1v) is 6.35. The van der Waals surface area contributed by atoms with Gasteiger partial charge in [-0.2, -0.15) is 5.26 Å². The molecule has 17 heavy (non-hydrogen) atoms. The summed E-state index contributed by atoms with van der Waals surface area (Å²) in [4.78, 5) is 6.68. The van der Waals surface area contributed by atoms with Gasteiger partial charge in [-0.05, 0) is 31.9 Å². The molecule has 1 atom stereocenters. The summed E-state index contributed by atoms with van der Waals surface area (Å²) in [6, 6.07) is 6.25. The van der Waals surface area contributed by atoms with Gasteiger partial charge in [-0.25, -0.2) is 4.98 Å². The summed E-state index contributed by atoms with van der Waals surface area (Å²) >= 11 is 0. The molecule has 0 fully saturated rings. The maximum absolute atomic E-state index is 8.92. The Morgan fingerprint density at radius 2 is 2.24 bits per heavy atom. The zero-order valence-electron chi connectivity index (χ0n) is 11.0. The molecule has 0 spiro atoms. The summed E-state index contributed by atoms with van der Waals surface area (Å²) in [7, 11) is 0. The van der Waals surface area contributed by atoms with Crippen LogP contribution >= 0.6 is 0 Å². The first kappa shape index (κ1) is 13.5. The molecule has 0 bridgehead atoms. The van der Waals surface area contributed by atoms with Crippen molar-refractivity contribution < 1.29 is 0 Å². The van der Waals surface area contributed by atoms with E-state index in [1.165, 1.54) is 6.42 Å². The van der Waals surface area contributed by atoms with Gasteiger partial charge in [0.15, 0.2) is 0 Å². The van der Waals surface area contributed by atoms with Crippen molar-refractivity contribution in [2.24, 2.45) is 0 Å². The molecule has 0 saturated heterocycles. The zero-order chi connectivity index (χ0) is 12.7. The summed E-state index contributed by atoms with van der Waals surface area (Å²) in [6.07, 6.45) is 5.13. The molecule has 1 aromatic rings. The van der Waals surface area contributed by atoms with Crippen LogP contribution < -0.4 is 4.90 Å². The summed E-state index contributed by atoms with van der Waals surface area (Å²) in [5.41, 5.74) is 0.680. The molecule has 0 amide bonds. The Morgan fingerprint density at radius 3 is 2.82 bits per heavy atom. The van der Waals surface area contributed by atoms with E-state index in [1.807, 2.05) is 6.07 Å². The van der Waals surface area contributed by atoms with E-state index in [9.17, 15) is 0 Å². The van der Waals surface area contributed by atoms with Gasteiger partial charge in [-0.15, -0.1) is 0 Å². The Hall–Kier alpha value is -1.56. The highest BCUT2D eigenvalue weighted by atomic mass is 15.2. The minimum Gasteiger partial charge on any atom is -0.354 e. The number of pyridine rings is 1. The second-order valence-electron chi connectivity index (χ2n) is 4.32. The van der Waals surface area contributed by atoms with Gasteiger partial charge in [0.1, 0.15) is 5.82 Å². The second kappa shape index (κ2) is 6.90. The van der Waals surface area contributed by atoms with Crippen LogP contribution in [0, 0.1) is 11.3 Å². The highest BCUT2D eigenvalue weighted by Gasteiger charge is 2.13. The third-order valence-corrected chi connectivity index (χ3v) is 3.04. The van der Waals surface area contributed by atoms with Gasteiger partial charge in [0.25, 0.3) is 0 Å². The Kier molecular flexibility index (Phi) is 5.48. The predicted octanol–water partition coefficient (Wildman–Crippen LogP) is 3.36. The number of anilines is 1. The number of rotatable bonds is 6. The molecular formula is C14H21N3. The summed E-state index contributed by atoms with van der Waals surface area (Å²) in [6.45, 7) is 7.58. The van der Waals surface area contributed by atoms with Crippen LogP contribution in [-0.2, 0) is 0 Å². The Morgan fingerprint density at radius 1 is 1.47 bits per heavy atom. The third-order valence-electron chi connectivity index (χ3n) is 3.04. The van der Waals surface area contributed by atoms with E-state index in [0.717, 1.165) is 25.2 Å². The van der Waals surface area contributed by atoms with Crippen LogP contribution in [0.3, 0.4) is 0 Å². The van der Waals surface area contributed by atoms with E-state index in [2.05, 4.69) is 36.7 Å². The van der Waals surface area contributed by atoms with Crippen molar-refractivity contribution in [2.45, 2.75) is 46.1 Å². The summed E-state index contributed by atoms with van der Waals surface area (Å²) in [5.74, 6) is 0.923. The topological polar surface area (TPSA) is 39.9 Å². The SMILES string of the molecule is CCCCN(c1cc(C#N)ccn1)C(C)CC. The van der Waals surface area contributed by atoms with Crippen LogP contribution in [-0.4, -0.2) is 17.6 Å². The molecule has 0 radical (unpaired) electrons. The monoisotopic (exact) mass is 231 g/mol. The number of nitriles is 1. The fourth-order valence-electron chi connectivity index (χ4n) is 1.75. The van der Waals surface area contributed by atoms with E-state index in [0.29, 0.717) is 11.6 Å². The van der Waals surface area contributed by atoms with E-state index < -0.39 is 0 Å². The first-order chi connectivity index (χ1) is 8.22. The van der Waals surface area contributed by atoms with Gasteiger partial charge in [0, 0.05) is 18.8 Å². The Labute approximate surface area is 104 Å². The lowest BCUT2D eigenvalue weighted by molar-refractivity contribution is 0.589. The van der Waals surface area contributed by atoms with E-state index in [4.69, 9.17) is 5.26 Å². The van der Waals surface area contributed by atoms with Gasteiger partial charge in [-0.3, -0.25) is 0 Å². The Bertz CT molecular complexity index is 381. The molecule has 3 nitrogen and oxygen atoms in total. The first-order valence-electron chi connectivity index (χ1n) is 6.35. The zero-order valence-corrected chi connectivity index (χ0v) is 11.0. The Balaban J connectivity index is 2.91. The maximum atomic E-state index is 8.92. The molecule has 0 aliphatic heterocycles. The molecule has 1 rings (SSSR count). The maximum Gasteiger partial charge on any atom is 0.130 e. The van der Waals surface area contributed by atoms with Gasteiger partial charge < -0.3 is 4.90 Å². The van der Waals surface area contributed by atoms with Crippen LogP contribution in [0.15, 0.2) is 18.3 Å². The average Bonchev–Trinajstić information content (AvgIpc) is 2.39. The van der Waals surface area contributed by atoms with Crippen molar-refractivity contribution in [1.29, 1.82) is 5.26 Å². The van der Waals surface area contributed by atoms with Crippen molar-refractivity contribution in [2.75, 3.05) is 11.4 Å². The minimum atomic E-state index is 0.461. The third kappa shape index (κ3) is 3.74. The molecule has 92 valence electrons. The van der Waals surface area contributed by atoms with E-state index in [-0.39, 0.29) is 0 Å². The van der Waals surface area contributed by atoms with Gasteiger partial charge in [0.2, 0.25) is 0 Å². The molecule has 0 aliphatic rings. The second-order valence-corrected chi connectivity index (χ2v) is 4.32. The number of nitrogens with zero attached hydrogens (tertiary/aromatic N) is 3. The number of hydrogen-bond acceptors (Lipinski definition) is 3. The molecule has 0 N–H and O–H groups in total. The fraction of sp³-hybridized carbons (Fsp3) is 0.571. The van der Waals surface area contributed by atoms with Crippen molar-refractivity contribution in [3.05, 3.63) is 23.9 Å². The van der Waals surface area contributed by atoms with Gasteiger partial charge >= 0.3 is 0 Å². The lowest BCUT2D eigenvalue weighted by Crippen LogP contribution is -2.34. The van der Waals surface area contributed by atoms with Crippen molar-refractivity contribution in [1.82, 2.24) is 4.98 Å². The molecule has 1 unspecified atom stereocenters. The molecule has 3 heteroatoms. The highest BCUT2D eigenvalue weighted by molar-refractivity contribution is 5.45. The highest BCUT2D eigenvalue weighted by Crippen LogP contribution is 2.17. The van der Waals surface area contributed by atoms with Gasteiger partial charge in [-0.1, -0.05) is 20.3 Å². The number of unbranched alkanes of at least 4 members (excludes halogenated alkanes) is 1. The standard InChI is InChI=1S/C14H21N3/c1-4-6-9-17(12(3)5-2)14-10-13(11-15)7-8-16-14/h7-8,10,12H,4-6,9H2,1-3H3. The van der Waals surface area contributed by atoms with Gasteiger partial charge in [0.05, 0.1) is 11.6 Å². The lowest BCUT2D eigenvalue weighted by atomic mass is 10.2. The summed E-state index contributed by atoms with van der Waals surface area (Å²) in [5, 5.41) is 8.92. The number of hydrogen-bond donors (Lipinski definition) is 0. The van der Waals surface area contributed by atoms with Crippen LogP contribution in [0.1, 0.15) is 45.6 Å². The molecule has 0 saturated carbocycles. The van der Waals surface area contributed by atoms with Crippen LogP contribution in [0.2, 0.25) is 0 Å². The smallest absolute Gasteiger partial charge is 0.130 e. The van der Waals surface area contributed by atoms with Crippen LogP contribution in [0.5, 0.6) is 0 Å². The lowest BCUT2D eigenvalue weighted by Gasteiger charge is -2.29. The predicted molar refractivity (Wildman–Crippen MR) is 71.0 cm³/mol. The quantitative estimate of drug-likeness (QED) is 0.753. The molecule has 1 aromatic heterocycles. The molecule has 0 aromatic carbocycles. The van der Waals surface area contributed by atoms with Crippen molar-refractivity contribution >= 4 is 5.82 Å². The molecule has 1 heterocycles. The van der Waals surface area contributed by atoms with E-state index in [1.54, 1.807) is 12.3 Å². The number of aromatic nitrogens is 1. The normalized spacial score (nSPS) is 11.9. The molecular weight excluding hydrogens is 210 g/mol. The van der Waals surface area contributed by atoms with Crippen LogP contribution in [0.25, 0.3) is 0 Å². The average molecular weight is 231 g/mol. The van der Waals surface area contributed by atoms with E-state index >= 15 is 0 Å². The minimum absolute atomic E-state index is 0.461. The molecule has 0 aliphatic carbocycles. The van der Waals surface area contributed by atoms with Crippen molar-refractivity contribution in [3.63, 3.8) is 0 Å².